The summed E-state index contributed by atoms with van der Waals surface area (Å²) < 4.78 is 6.79. The van der Waals surface area contributed by atoms with Crippen LogP contribution >= 0.6 is 27.5 Å². The Hall–Kier alpha value is -0.380. The lowest BCUT2D eigenvalue weighted by atomic mass is 9.81. The Morgan fingerprint density at radius 3 is 2.85 bits per heavy atom. The van der Waals surface area contributed by atoms with Crippen LogP contribution in [0, 0.1) is 5.92 Å². The number of carbonyl (C=O) groups excluding carboxylic acids is 1. The highest BCUT2D eigenvalue weighted by atomic mass is 79.9. The second-order valence-electron chi connectivity index (χ2n) is 5.89. The number of hydrogen-bond acceptors (Lipinski definition) is 2. The van der Waals surface area contributed by atoms with Crippen LogP contribution in [-0.4, -0.2) is 18.0 Å². The topological polar surface area (TPSA) is 26.3 Å². The molecule has 108 valence electrons. The van der Waals surface area contributed by atoms with Crippen LogP contribution in [0.15, 0.2) is 22.7 Å². The van der Waals surface area contributed by atoms with Gasteiger partial charge in [0.15, 0.2) is 5.78 Å². The van der Waals surface area contributed by atoms with Crippen LogP contribution in [0.4, 0.5) is 0 Å². The van der Waals surface area contributed by atoms with Crippen LogP contribution in [0.1, 0.15) is 48.9 Å². The van der Waals surface area contributed by atoms with Crippen LogP contribution in [-0.2, 0) is 4.74 Å². The lowest BCUT2D eigenvalue weighted by molar-refractivity contribution is -0.0866. The lowest BCUT2D eigenvalue weighted by Gasteiger charge is -2.37. The van der Waals surface area contributed by atoms with Gasteiger partial charge in [-0.2, -0.15) is 0 Å². The molecule has 0 N–H and O–H groups in total. The highest BCUT2D eigenvalue weighted by molar-refractivity contribution is 9.10. The Morgan fingerprint density at radius 2 is 2.10 bits per heavy atom. The van der Waals surface area contributed by atoms with Gasteiger partial charge in [0, 0.05) is 22.6 Å². The molecule has 2 nitrogen and oxygen atoms in total. The van der Waals surface area contributed by atoms with Crippen molar-refractivity contribution in [3.8, 4) is 0 Å². The molecule has 1 heterocycles. The van der Waals surface area contributed by atoms with E-state index in [1.54, 1.807) is 0 Å². The Kier molecular flexibility index (Phi) is 4.21. The van der Waals surface area contributed by atoms with E-state index < -0.39 is 0 Å². The van der Waals surface area contributed by atoms with Gasteiger partial charge in [-0.05, 0) is 53.7 Å². The minimum absolute atomic E-state index is 0.0307. The van der Waals surface area contributed by atoms with Crippen LogP contribution in [0.25, 0.3) is 0 Å². The predicted molar refractivity (Wildman–Crippen MR) is 83.4 cm³/mol. The normalized spacial score (nSPS) is 25.0. The number of benzene rings is 1. The molecule has 0 bridgehead atoms. The van der Waals surface area contributed by atoms with E-state index in [2.05, 4.69) is 15.9 Å². The zero-order valence-electron chi connectivity index (χ0n) is 11.3. The SMILES string of the molecule is O=C(c1cccc(Br)c1Cl)C1CCOC2(CCCC2)C1. The van der Waals surface area contributed by atoms with Crippen LogP contribution in [0.5, 0.6) is 0 Å². The van der Waals surface area contributed by atoms with Crippen molar-refractivity contribution in [1.29, 1.82) is 0 Å². The van der Waals surface area contributed by atoms with Gasteiger partial charge in [0.1, 0.15) is 0 Å². The molecule has 0 radical (unpaired) electrons. The Bertz CT molecular complexity index is 523. The van der Waals surface area contributed by atoms with Gasteiger partial charge in [-0.25, -0.2) is 0 Å². The van der Waals surface area contributed by atoms with Crippen molar-refractivity contribution in [3.63, 3.8) is 0 Å². The molecule has 1 spiro atoms. The molecule has 1 saturated carbocycles. The first-order chi connectivity index (χ1) is 9.61. The van der Waals surface area contributed by atoms with E-state index in [0.717, 1.165) is 30.2 Å². The summed E-state index contributed by atoms with van der Waals surface area (Å²) in [6.07, 6.45) is 6.31. The molecule has 1 aromatic carbocycles. The fourth-order valence-corrected chi connectivity index (χ4v) is 4.12. The molecule has 1 aromatic rings. The van der Waals surface area contributed by atoms with Crippen molar-refractivity contribution in [3.05, 3.63) is 33.3 Å². The van der Waals surface area contributed by atoms with Crippen LogP contribution < -0.4 is 0 Å². The van der Waals surface area contributed by atoms with Crippen molar-refractivity contribution in [2.24, 2.45) is 5.92 Å². The Morgan fingerprint density at radius 1 is 1.35 bits per heavy atom. The smallest absolute Gasteiger partial charge is 0.167 e. The summed E-state index contributed by atoms with van der Waals surface area (Å²) >= 11 is 9.65. The third kappa shape index (κ3) is 2.68. The predicted octanol–water partition coefficient (Wildman–Crippen LogP) is 5.02. The van der Waals surface area contributed by atoms with Crippen molar-refractivity contribution in [2.45, 2.75) is 44.1 Å². The van der Waals surface area contributed by atoms with Gasteiger partial charge < -0.3 is 4.74 Å². The highest BCUT2D eigenvalue weighted by Gasteiger charge is 2.42. The maximum atomic E-state index is 12.8. The van der Waals surface area contributed by atoms with Crippen LogP contribution in [0.3, 0.4) is 0 Å². The fraction of sp³-hybridized carbons (Fsp3) is 0.562. The fourth-order valence-electron chi connectivity index (χ4n) is 3.53. The lowest BCUT2D eigenvalue weighted by Crippen LogP contribution is -2.39. The van der Waals surface area contributed by atoms with E-state index >= 15 is 0 Å². The van der Waals surface area contributed by atoms with E-state index in [0.29, 0.717) is 17.2 Å². The molecular formula is C16H18BrClO2. The van der Waals surface area contributed by atoms with Gasteiger partial charge in [-0.15, -0.1) is 0 Å². The third-order valence-electron chi connectivity index (χ3n) is 4.60. The molecule has 1 atom stereocenters. The summed E-state index contributed by atoms with van der Waals surface area (Å²) in [6, 6.07) is 5.56. The molecule has 0 amide bonds. The molecule has 1 aliphatic heterocycles. The first-order valence-electron chi connectivity index (χ1n) is 7.23. The van der Waals surface area contributed by atoms with Gasteiger partial charge in [0.2, 0.25) is 0 Å². The highest BCUT2D eigenvalue weighted by Crippen LogP contribution is 2.43. The summed E-state index contributed by atoms with van der Waals surface area (Å²) in [7, 11) is 0. The molecule has 1 unspecified atom stereocenters. The average Bonchev–Trinajstić information content (AvgIpc) is 2.89. The molecule has 4 heteroatoms. The van der Waals surface area contributed by atoms with Crippen molar-refractivity contribution in [2.75, 3.05) is 6.61 Å². The first-order valence-corrected chi connectivity index (χ1v) is 8.41. The van der Waals surface area contributed by atoms with Crippen molar-refractivity contribution in [1.82, 2.24) is 0 Å². The monoisotopic (exact) mass is 356 g/mol. The summed E-state index contributed by atoms with van der Waals surface area (Å²) in [5, 5.41) is 0.532. The number of rotatable bonds is 2. The number of carbonyl (C=O) groups is 1. The Balaban J connectivity index is 1.81. The minimum atomic E-state index is -0.0307. The standard InChI is InChI=1S/C16H18BrClO2/c17-13-5-3-4-12(14(13)18)15(19)11-6-9-20-16(10-11)7-1-2-8-16/h3-5,11H,1-2,6-10H2. The summed E-state index contributed by atoms with van der Waals surface area (Å²) in [4.78, 5) is 12.8. The third-order valence-corrected chi connectivity index (χ3v) is 5.89. The minimum Gasteiger partial charge on any atom is -0.375 e. The number of halogens is 2. The van der Waals surface area contributed by atoms with Crippen LogP contribution in [0.2, 0.25) is 5.02 Å². The average molecular weight is 358 g/mol. The molecule has 20 heavy (non-hydrogen) atoms. The van der Waals surface area contributed by atoms with Crippen molar-refractivity contribution >= 4 is 33.3 Å². The molecule has 1 saturated heterocycles. The molecule has 3 rings (SSSR count). The quantitative estimate of drug-likeness (QED) is 0.694. The van der Waals surface area contributed by atoms with E-state index in [9.17, 15) is 4.79 Å². The maximum Gasteiger partial charge on any atom is 0.167 e. The zero-order chi connectivity index (χ0) is 14.2. The summed E-state index contributed by atoms with van der Waals surface area (Å²) in [5.74, 6) is 0.222. The van der Waals surface area contributed by atoms with Gasteiger partial charge in [-0.3, -0.25) is 4.79 Å². The largest absolute Gasteiger partial charge is 0.375 e. The molecule has 1 aliphatic carbocycles. The molecular weight excluding hydrogens is 340 g/mol. The molecule has 2 fully saturated rings. The first kappa shape index (κ1) is 14.6. The number of ketones is 1. The van der Waals surface area contributed by atoms with E-state index in [1.165, 1.54) is 12.8 Å². The van der Waals surface area contributed by atoms with Gasteiger partial charge in [0.25, 0.3) is 0 Å². The van der Waals surface area contributed by atoms with Gasteiger partial charge >= 0.3 is 0 Å². The van der Waals surface area contributed by atoms with E-state index in [-0.39, 0.29) is 17.3 Å². The molecule has 0 aromatic heterocycles. The van der Waals surface area contributed by atoms with Gasteiger partial charge in [-0.1, -0.05) is 30.5 Å². The second kappa shape index (κ2) is 5.78. The van der Waals surface area contributed by atoms with Crippen molar-refractivity contribution < 1.29 is 9.53 Å². The zero-order valence-corrected chi connectivity index (χ0v) is 13.7. The Labute approximate surface area is 133 Å². The van der Waals surface area contributed by atoms with Gasteiger partial charge in [0.05, 0.1) is 10.6 Å². The maximum absolute atomic E-state index is 12.8. The summed E-state index contributed by atoms with van der Waals surface area (Å²) in [6.45, 7) is 0.696. The number of hydrogen-bond donors (Lipinski definition) is 0. The second-order valence-corrected chi connectivity index (χ2v) is 7.13. The summed E-state index contributed by atoms with van der Waals surface area (Å²) in [5.41, 5.74) is 0.609. The number of Topliss-reactive ketones (excluding diaryl/α,β-unsaturated/α-hetero) is 1. The van der Waals surface area contributed by atoms with E-state index in [1.807, 2.05) is 18.2 Å². The number of ether oxygens (including phenoxy) is 1. The molecule has 2 aliphatic rings. The van der Waals surface area contributed by atoms with E-state index in [4.69, 9.17) is 16.3 Å².